The molecule has 0 aromatic carbocycles. The summed E-state index contributed by atoms with van der Waals surface area (Å²) in [5, 5.41) is 0.566. The molecule has 1 heterocycles. The van der Waals surface area contributed by atoms with Gasteiger partial charge in [-0.1, -0.05) is 6.92 Å². The minimum atomic E-state index is -0.600. The summed E-state index contributed by atoms with van der Waals surface area (Å²) in [7, 11) is 1.65. The summed E-state index contributed by atoms with van der Waals surface area (Å²) in [6.45, 7) is 6.72. The van der Waals surface area contributed by atoms with E-state index in [9.17, 15) is 14.4 Å². The molecular formula is C15H25NO6. The summed E-state index contributed by atoms with van der Waals surface area (Å²) >= 11 is 0. The summed E-state index contributed by atoms with van der Waals surface area (Å²) in [5.41, 5.74) is -0.237. The summed E-state index contributed by atoms with van der Waals surface area (Å²) in [5.74, 6) is -1.60. The van der Waals surface area contributed by atoms with Crippen molar-refractivity contribution in [1.29, 1.82) is 0 Å². The zero-order valence-electron chi connectivity index (χ0n) is 13.7. The molecule has 1 fully saturated rings. The highest BCUT2D eigenvalue weighted by atomic mass is 16.7. The van der Waals surface area contributed by atoms with E-state index in [1.807, 2.05) is 20.8 Å². The van der Waals surface area contributed by atoms with Gasteiger partial charge in [-0.25, -0.2) is 4.79 Å². The highest BCUT2D eigenvalue weighted by molar-refractivity contribution is 6.01. The molecule has 1 rings (SSSR count). The predicted molar refractivity (Wildman–Crippen MR) is 77.5 cm³/mol. The molecular weight excluding hydrogens is 290 g/mol. The fraction of sp³-hybridized carbons (Fsp3) is 0.800. The zero-order chi connectivity index (χ0) is 16.8. The number of amides is 2. The first-order valence-electron chi connectivity index (χ1n) is 7.44. The fourth-order valence-corrected chi connectivity index (χ4v) is 1.84. The first-order valence-corrected chi connectivity index (χ1v) is 7.44. The minimum absolute atomic E-state index is 0.0639. The van der Waals surface area contributed by atoms with E-state index in [1.165, 1.54) is 0 Å². The standard InChI is InChI=1S/C15H25NO6/c1-11(10-21-8-7-15(2,3)20-4)9-14(19)22-16-12(17)5-6-13(16)18/h11H,5-10H2,1-4H3. The van der Waals surface area contributed by atoms with Crippen LogP contribution < -0.4 is 0 Å². The van der Waals surface area contributed by atoms with Crippen molar-refractivity contribution in [3.63, 3.8) is 0 Å². The van der Waals surface area contributed by atoms with Gasteiger partial charge in [-0.15, -0.1) is 5.06 Å². The second-order valence-corrected chi connectivity index (χ2v) is 6.14. The number of ether oxygens (including phenoxy) is 2. The van der Waals surface area contributed by atoms with Crippen LogP contribution in [0, 0.1) is 5.92 Å². The lowest BCUT2D eigenvalue weighted by Gasteiger charge is -2.23. The Bertz CT molecular complexity index is 404. The molecule has 7 heteroatoms. The van der Waals surface area contributed by atoms with Crippen LogP contribution in [0.4, 0.5) is 0 Å². The normalized spacial score (nSPS) is 17.0. The van der Waals surface area contributed by atoms with Gasteiger partial charge in [0, 0.05) is 33.2 Å². The van der Waals surface area contributed by atoms with Gasteiger partial charge >= 0.3 is 5.97 Å². The lowest BCUT2D eigenvalue weighted by molar-refractivity contribution is -0.198. The number of carbonyl (C=O) groups excluding carboxylic acids is 3. The van der Waals surface area contributed by atoms with Crippen molar-refractivity contribution in [3.05, 3.63) is 0 Å². The van der Waals surface area contributed by atoms with Crippen molar-refractivity contribution < 1.29 is 28.7 Å². The largest absolute Gasteiger partial charge is 0.381 e. The second-order valence-electron chi connectivity index (χ2n) is 6.14. The van der Waals surface area contributed by atoms with Crippen molar-refractivity contribution in [1.82, 2.24) is 5.06 Å². The van der Waals surface area contributed by atoms with Gasteiger partial charge in [-0.05, 0) is 26.2 Å². The van der Waals surface area contributed by atoms with Gasteiger partial charge in [-0.2, -0.15) is 0 Å². The topological polar surface area (TPSA) is 82.1 Å². The van der Waals surface area contributed by atoms with Gasteiger partial charge in [0.05, 0.1) is 12.0 Å². The van der Waals surface area contributed by atoms with Crippen LogP contribution in [0.2, 0.25) is 0 Å². The van der Waals surface area contributed by atoms with E-state index < -0.39 is 17.8 Å². The van der Waals surface area contributed by atoms with Crippen molar-refractivity contribution >= 4 is 17.8 Å². The molecule has 0 aliphatic carbocycles. The maximum absolute atomic E-state index is 11.7. The molecule has 7 nitrogen and oxygen atoms in total. The van der Waals surface area contributed by atoms with E-state index >= 15 is 0 Å². The zero-order valence-corrected chi connectivity index (χ0v) is 13.7. The second kappa shape index (κ2) is 8.24. The average Bonchev–Trinajstić information content (AvgIpc) is 2.75. The molecule has 0 radical (unpaired) electrons. The van der Waals surface area contributed by atoms with Crippen LogP contribution in [0.3, 0.4) is 0 Å². The lowest BCUT2D eigenvalue weighted by Crippen LogP contribution is -2.32. The van der Waals surface area contributed by atoms with Gasteiger partial charge in [0.25, 0.3) is 11.8 Å². The van der Waals surface area contributed by atoms with Crippen LogP contribution >= 0.6 is 0 Å². The average molecular weight is 315 g/mol. The van der Waals surface area contributed by atoms with Crippen molar-refractivity contribution in [3.8, 4) is 0 Å². The van der Waals surface area contributed by atoms with Gasteiger partial charge in [-0.3, -0.25) is 9.59 Å². The van der Waals surface area contributed by atoms with Crippen LogP contribution in [-0.2, 0) is 28.7 Å². The molecule has 126 valence electrons. The third-order valence-electron chi connectivity index (χ3n) is 3.52. The number of hydrogen-bond donors (Lipinski definition) is 0. The van der Waals surface area contributed by atoms with Crippen molar-refractivity contribution in [2.24, 2.45) is 5.92 Å². The number of rotatable bonds is 9. The van der Waals surface area contributed by atoms with Gasteiger partial charge < -0.3 is 14.3 Å². The molecule has 0 spiro atoms. The Kier molecular flexibility index (Phi) is 6.96. The Morgan fingerprint density at radius 3 is 2.41 bits per heavy atom. The number of hydrogen-bond acceptors (Lipinski definition) is 6. The molecule has 1 aliphatic rings. The minimum Gasteiger partial charge on any atom is -0.381 e. The van der Waals surface area contributed by atoms with Crippen molar-refractivity contribution in [2.45, 2.75) is 52.1 Å². The Labute approximate surface area is 130 Å². The van der Waals surface area contributed by atoms with E-state index in [-0.39, 0.29) is 30.8 Å². The Morgan fingerprint density at radius 1 is 1.27 bits per heavy atom. The van der Waals surface area contributed by atoms with Crippen LogP contribution in [0.15, 0.2) is 0 Å². The quantitative estimate of drug-likeness (QED) is 0.473. The monoisotopic (exact) mass is 315 g/mol. The number of methoxy groups -OCH3 is 1. The SMILES string of the molecule is COC(C)(C)CCOCC(C)CC(=O)ON1C(=O)CCC1=O. The first kappa shape index (κ1) is 18.6. The third kappa shape index (κ3) is 6.11. The molecule has 0 aromatic rings. The highest BCUT2D eigenvalue weighted by Crippen LogP contribution is 2.15. The first-order chi connectivity index (χ1) is 10.2. The molecule has 1 saturated heterocycles. The predicted octanol–water partition coefficient (Wildman–Crippen LogP) is 1.45. The fourth-order valence-electron chi connectivity index (χ4n) is 1.84. The molecule has 0 saturated carbocycles. The van der Waals surface area contributed by atoms with Crippen LogP contribution in [0.5, 0.6) is 0 Å². The van der Waals surface area contributed by atoms with Gasteiger partial charge in [0.2, 0.25) is 0 Å². The van der Waals surface area contributed by atoms with Crippen LogP contribution in [0.25, 0.3) is 0 Å². The van der Waals surface area contributed by atoms with Gasteiger partial charge in [0.1, 0.15) is 0 Å². The van der Waals surface area contributed by atoms with E-state index in [0.717, 1.165) is 6.42 Å². The molecule has 1 aliphatic heterocycles. The third-order valence-corrected chi connectivity index (χ3v) is 3.52. The van der Waals surface area contributed by atoms with Crippen LogP contribution in [0.1, 0.15) is 46.5 Å². The highest BCUT2D eigenvalue weighted by Gasteiger charge is 2.33. The maximum Gasteiger partial charge on any atom is 0.333 e. The molecule has 1 atom stereocenters. The lowest BCUT2D eigenvalue weighted by atomic mass is 10.1. The molecule has 1 unspecified atom stereocenters. The van der Waals surface area contributed by atoms with E-state index in [0.29, 0.717) is 18.3 Å². The Hall–Kier alpha value is -1.47. The molecule has 22 heavy (non-hydrogen) atoms. The molecule has 0 aromatic heterocycles. The summed E-state index contributed by atoms with van der Waals surface area (Å²) in [6.07, 6.45) is 1.03. The smallest absolute Gasteiger partial charge is 0.333 e. The molecule has 0 N–H and O–H groups in total. The summed E-state index contributed by atoms with van der Waals surface area (Å²) in [4.78, 5) is 39.2. The molecule has 2 amide bonds. The van der Waals surface area contributed by atoms with Gasteiger partial charge in [0.15, 0.2) is 0 Å². The van der Waals surface area contributed by atoms with Crippen LogP contribution in [-0.4, -0.2) is 48.8 Å². The van der Waals surface area contributed by atoms with E-state index in [4.69, 9.17) is 14.3 Å². The van der Waals surface area contributed by atoms with Crippen molar-refractivity contribution in [2.75, 3.05) is 20.3 Å². The number of nitrogens with zero attached hydrogens (tertiary/aromatic N) is 1. The summed E-state index contributed by atoms with van der Waals surface area (Å²) in [6, 6.07) is 0. The molecule has 0 bridgehead atoms. The number of carbonyl (C=O) groups is 3. The Morgan fingerprint density at radius 2 is 1.86 bits per heavy atom. The number of imide groups is 1. The Balaban J connectivity index is 2.21. The van der Waals surface area contributed by atoms with E-state index in [2.05, 4.69) is 0 Å². The maximum atomic E-state index is 11.7. The van der Waals surface area contributed by atoms with E-state index in [1.54, 1.807) is 7.11 Å². The number of hydroxylamine groups is 2. The summed E-state index contributed by atoms with van der Waals surface area (Å²) < 4.78 is 10.8.